The van der Waals surface area contributed by atoms with Gasteiger partial charge in [0.1, 0.15) is 11.6 Å². The van der Waals surface area contributed by atoms with E-state index in [-0.39, 0.29) is 0 Å². The number of anilines is 1. The molecule has 0 fully saturated rings. The molecule has 0 spiro atoms. The monoisotopic (exact) mass is 270 g/mol. The van der Waals surface area contributed by atoms with Crippen LogP contribution in [0.25, 0.3) is 10.4 Å². The quantitative estimate of drug-likeness (QED) is 0.847. The number of rotatable bonds is 5. The highest BCUT2D eigenvalue weighted by Gasteiger charge is 2.09. The molecular weight excluding hydrogens is 258 g/mol. The molecule has 0 saturated heterocycles. The normalized spacial score (nSPS) is 10.6. The van der Waals surface area contributed by atoms with Crippen molar-refractivity contribution < 1.29 is 13.5 Å². The summed E-state index contributed by atoms with van der Waals surface area (Å²) < 4.78 is 31.2. The first-order valence-electron chi connectivity index (χ1n) is 5.35. The van der Waals surface area contributed by atoms with Gasteiger partial charge in [0, 0.05) is 31.5 Å². The maximum atomic E-state index is 13.6. The van der Waals surface area contributed by atoms with E-state index in [4.69, 9.17) is 4.74 Å². The van der Waals surface area contributed by atoms with Gasteiger partial charge in [0.2, 0.25) is 0 Å². The van der Waals surface area contributed by atoms with E-state index in [9.17, 15) is 8.78 Å². The molecule has 1 aromatic carbocycles. The second-order valence-electron chi connectivity index (χ2n) is 3.57. The average molecular weight is 270 g/mol. The van der Waals surface area contributed by atoms with Crippen LogP contribution in [0.2, 0.25) is 0 Å². The molecule has 0 amide bonds. The lowest BCUT2D eigenvalue weighted by Gasteiger charge is -2.00. The van der Waals surface area contributed by atoms with Gasteiger partial charge in [-0.05, 0) is 12.1 Å². The average Bonchev–Trinajstić information content (AvgIpc) is 2.78. The number of nitrogens with zero attached hydrogens (tertiary/aromatic N) is 1. The van der Waals surface area contributed by atoms with Crippen molar-refractivity contribution in [3.05, 3.63) is 36.0 Å². The molecule has 0 bridgehead atoms. The van der Waals surface area contributed by atoms with Gasteiger partial charge in [-0.25, -0.2) is 13.8 Å². The summed E-state index contributed by atoms with van der Waals surface area (Å²) in [5.41, 5.74) is 0.355. The van der Waals surface area contributed by atoms with E-state index in [1.807, 2.05) is 0 Å². The lowest BCUT2D eigenvalue weighted by atomic mass is 10.2. The lowest BCUT2D eigenvalue weighted by molar-refractivity contribution is 0.211. The molecule has 0 saturated carbocycles. The molecule has 0 atom stereocenters. The number of hydrogen-bond acceptors (Lipinski definition) is 4. The molecule has 0 aliphatic heterocycles. The van der Waals surface area contributed by atoms with Crippen molar-refractivity contribution in [1.82, 2.24) is 4.98 Å². The van der Waals surface area contributed by atoms with Crippen molar-refractivity contribution >= 4 is 16.5 Å². The van der Waals surface area contributed by atoms with Crippen LogP contribution in [0.3, 0.4) is 0 Å². The Morgan fingerprint density at radius 1 is 1.39 bits per heavy atom. The number of methoxy groups -OCH3 is 1. The van der Waals surface area contributed by atoms with Crippen LogP contribution in [0.15, 0.2) is 24.4 Å². The first-order chi connectivity index (χ1) is 8.70. The van der Waals surface area contributed by atoms with Gasteiger partial charge in [-0.1, -0.05) is 11.3 Å². The SMILES string of the molecule is COCCNc1ncc(-c2ccc(F)cc2F)s1. The second kappa shape index (κ2) is 5.88. The number of thiazole rings is 1. The predicted molar refractivity (Wildman–Crippen MR) is 67.8 cm³/mol. The standard InChI is InChI=1S/C12H12F2N2OS/c1-17-5-4-15-12-16-7-11(18-12)9-3-2-8(13)6-10(9)14/h2-3,6-7H,4-5H2,1H3,(H,15,16). The van der Waals surface area contributed by atoms with Gasteiger partial charge in [0.25, 0.3) is 0 Å². The summed E-state index contributed by atoms with van der Waals surface area (Å²) in [5, 5.41) is 3.74. The molecule has 96 valence electrons. The number of hydrogen-bond donors (Lipinski definition) is 1. The van der Waals surface area contributed by atoms with Crippen LogP contribution < -0.4 is 5.32 Å². The predicted octanol–water partition coefficient (Wildman–Crippen LogP) is 3.15. The number of ether oxygens (including phenoxy) is 1. The first kappa shape index (κ1) is 12.9. The number of benzene rings is 1. The molecule has 0 unspecified atom stereocenters. The fourth-order valence-electron chi connectivity index (χ4n) is 1.43. The Hall–Kier alpha value is -1.53. The van der Waals surface area contributed by atoms with E-state index in [0.717, 1.165) is 6.07 Å². The van der Waals surface area contributed by atoms with Crippen LogP contribution in [-0.2, 0) is 4.74 Å². The van der Waals surface area contributed by atoms with E-state index in [1.54, 1.807) is 13.3 Å². The largest absolute Gasteiger partial charge is 0.383 e. The zero-order valence-electron chi connectivity index (χ0n) is 9.74. The van der Waals surface area contributed by atoms with Crippen LogP contribution in [0.5, 0.6) is 0 Å². The number of nitrogens with one attached hydrogen (secondary N) is 1. The Bertz CT molecular complexity index is 531. The summed E-state index contributed by atoms with van der Waals surface area (Å²) in [6.45, 7) is 1.20. The highest BCUT2D eigenvalue weighted by Crippen LogP contribution is 2.30. The summed E-state index contributed by atoms with van der Waals surface area (Å²) >= 11 is 1.32. The summed E-state index contributed by atoms with van der Waals surface area (Å²) in [7, 11) is 1.61. The van der Waals surface area contributed by atoms with E-state index < -0.39 is 11.6 Å². The summed E-state index contributed by atoms with van der Waals surface area (Å²) in [5.74, 6) is -1.17. The van der Waals surface area contributed by atoms with Crippen molar-refractivity contribution in [3.63, 3.8) is 0 Å². The smallest absolute Gasteiger partial charge is 0.183 e. The molecule has 0 radical (unpaired) electrons. The van der Waals surface area contributed by atoms with Crippen LogP contribution in [0.4, 0.5) is 13.9 Å². The van der Waals surface area contributed by atoms with Crippen molar-refractivity contribution in [3.8, 4) is 10.4 Å². The summed E-state index contributed by atoms with van der Waals surface area (Å²) in [6, 6.07) is 3.51. The van der Waals surface area contributed by atoms with Crippen molar-refractivity contribution in [1.29, 1.82) is 0 Å². The molecule has 1 heterocycles. The molecule has 1 N–H and O–H groups in total. The summed E-state index contributed by atoms with van der Waals surface area (Å²) in [6.07, 6.45) is 1.57. The zero-order chi connectivity index (χ0) is 13.0. The van der Waals surface area contributed by atoms with Crippen LogP contribution in [-0.4, -0.2) is 25.2 Å². The second-order valence-corrected chi connectivity index (χ2v) is 4.60. The molecule has 3 nitrogen and oxygen atoms in total. The van der Waals surface area contributed by atoms with Crippen LogP contribution in [0, 0.1) is 11.6 Å². The topological polar surface area (TPSA) is 34.1 Å². The van der Waals surface area contributed by atoms with E-state index in [0.29, 0.717) is 28.7 Å². The van der Waals surface area contributed by atoms with Crippen LogP contribution in [0.1, 0.15) is 0 Å². The molecular formula is C12H12F2N2OS. The first-order valence-corrected chi connectivity index (χ1v) is 6.16. The van der Waals surface area contributed by atoms with Gasteiger partial charge in [-0.15, -0.1) is 0 Å². The Balaban J connectivity index is 2.13. The van der Waals surface area contributed by atoms with Crippen molar-refractivity contribution in [2.75, 3.05) is 25.6 Å². The van der Waals surface area contributed by atoms with E-state index in [2.05, 4.69) is 10.3 Å². The van der Waals surface area contributed by atoms with Crippen LogP contribution >= 0.6 is 11.3 Å². The minimum absolute atomic E-state index is 0.355. The third-order valence-corrected chi connectivity index (χ3v) is 3.27. The summed E-state index contributed by atoms with van der Waals surface area (Å²) in [4.78, 5) is 4.78. The van der Waals surface area contributed by atoms with Gasteiger partial charge in [0.05, 0.1) is 11.5 Å². The molecule has 2 aromatic rings. The van der Waals surface area contributed by atoms with E-state index >= 15 is 0 Å². The minimum Gasteiger partial charge on any atom is -0.383 e. The maximum Gasteiger partial charge on any atom is 0.183 e. The molecule has 2 rings (SSSR count). The van der Waals surface area contributed by atoms with Crippen molar-refractivity contribution in [2.24, 2.45) is 0 Å². The third-order valence-electron chi connectivity index (χ3n) is 2.28. The van der Waals surface area contributed by atoms with Crippen molar-refractivity contribution in [2.45, 2.75) is 0 Å². The maximum absolute atomic E-state index is 13.6. The third kappa shape index (κ3) is 3.02. The lowest BCUT2D eigenvalue weighted by Crippen LogP contribution is -2.06. The van der Waals surface area contributed by atoms with Gasteiger partial charge >= 0.3 is 0 Å². The Labute approximate surface area is 107 Å². The number of aromatic nitrogens is 1. The Morgan fingerprint density at radius 3 is 2.94 bits per heavy atom. The fourth-order valence-corrected chi connectivity index (χ4v) is 2.30. The number of halogens is 2. The van der Waals surface area contributed by atoms with Gasteiger partial charge in [-0.3, -0.25) is 0 Å². The Kier molecular flexibility index (Phi) is 4.22. The zero-order valence-corrected chi connectivity index (χ0v) is 10.6. The molecule has 0 aliphatic carbocycles. The molecule has 6 heteroatoms. The highest BCUT2D eigenvalue weighted by atomic mass is 32.1. The molecule has 0 aliphatic rings. The highest BCUT2D eigenvalue weighted by molar-refractivity contribution is 7.18. The fraction of sp³-hybridized carbons (Fsp3) is 0.250. The van der Waals surface area contributed by atoms with Gasteiger partial charge < -0.3 is 10.1 Å². The molecule has 18 heavy (non-hydrogen) atoms. The minimum atomic E-state index is -0.584. The van der Waals surface area contributed by atoms with Gasteiger partial charge in [0.15, 0.2) is 5.13 Å². The Morgan fingerprint density at radius 2 is 2.22 bits per heavy atom. The molecule has 1 aromatic heterocycles. The van der Waals surface area contributed by atoms with Gasteiger partial charge in [-0.2, -0.15) is 0 Å². The van der Waals surface area contributed by atoms with E-state index in [1.165, 1.54) is 23.5 Å².